The Morgan fingerprint density at radius 1 is 1.19 bits per heavy atom. The number of phenols is 1. The first kappa shape index (κ1) is 16.0. The first-order valence-electron chi connectivity index (χ1n) is 7.00. The zero-order valence-electron chi connectivity index (χ0n) is 11.9. The van der Waals surface area contributed by atoms with E-state index in [1.165, 1.54) is 11.6 Å². The van der Waals surface area contributed by atoms with Crippen LogP contribution >= 0.6 is 15.9 Å². The van der Waals surface area contributed by atoms with E-state index in [0.29, 0.717) is 12.1 Å². The molecule has 0 aliphatic rings. The summed E-state index contributed by atoms with van der Waals surface area (Å²) in [5, 5.41) is 12.6. The maximum absolute atomic E-state index is 13.6. The van der Waals surface area contributed by atoms with Crippen molar-refractivity contribution in [3.8, 4) is 5.75 Å². The van der Waals surface area contributed by atoms with Crippen LogP contribution in [0.2, 0.25) is 0 Å². The molecule has 2 aromatic rings. The number of benzene rings is 2. The van der Waals surface area contributed by atoms with Gasteiger partial charge in [-0.1, -0.05) is 28.1 Å². The number of hydrogen-bond acceptors (Lipinski definition) is 2. The van der Waals surface area contributed by atoms with E-state index in [9.17, 15) is 9.50 Å². The third-order valence-corrected chi connectivity index (χ3v) is 3.94. The summed E-state index contributed by atoms with van der Waals surface area (Å²) in [6, 6.07) is 12.5. The topological polar surface area (TPSA) is 32.3 Å². The highest BCUT2D eigenvalue weighted by atomic mass is 79.9. The predicted octanol–water partition coefficient (Wildman–Crippen LogP) is 4.40. The van der Waals surface area contributed by atoms with Crippen molar-refractivity contribution >= 4 is 15.9 Å². The summed E-state index contributed by atoms with van der Waals surface area (Å²) < 4.78 is 14.5. The molecule has 0 fully saturated rings. The van der Waals surface area contributed by atoms with E-state index in [1.54, 1.807) is 24.3 Å². The summed E-state index contributed by atoms with van der Waals surface area (Å²) in [5.74, 6) is 0.103. The fourth-order valence-corrected chi connectivity index (χ4v) is 2.52. The van der Waals surface area contributed by atoms with Crippen LogP contribution in [0.4, 0.5) is 4.39 Å². The monoisotopic (exact) mass is 351 g/mol. The van der Waals surface area contributed by atoms with E-state index in [2.05, 4.69) is 28.2 Å². The summed E-state index contributed by atoms with van der Waals surface area (Å²) in [4.78, 5) is 0. The van der Waals surface area contributed by atoms with Crippen LogP contribution in [0, 0.1) is 5.82 Å². The Bertz CT molecular complexity index is 586. The third kappa shape index (κ3) is 5.14. The van der Waals surface area contributed by atoms with Gasteiger partial charge in [0.2, 0.25) is 0 Å². The van der Waals surface area contributed by atoms with Gasteiger partial charge in [-0.05, 0) is 55.7 Å². The summed E-state index contributed by atoms with van der Waals surface area (Å²) in [5.41, 5.74) is 1.86. The molecule has 0 spiro atoms. The molecule has 2 nitrogen and oxygen atoms in total. The quantitative estimate of drug-likeness (QED) is 0.807. The van der Waals surface area contributed by atoms with Gasteiger partial charge in [0, 0.05) is 22.6 Å². The molecule has 4 heteroatoms. The molecule has 0 saturated heterocycles. The predicted molar refractivity (Wildman–Crippen MR) is 86.8 cm³/mol. The molecule has 2 N–H and O–H groups in total. The van der Waals surface area contributed by atoms with Crippen molar-refractivity contribution < 1.29 is 9.50 Å². The highest BCUT2D eigenvalue weighted by molar-refractivity contribution is 9.10. The number of hydrogen-bond donors (Lipinski definition) is 2. The number of aromatic hydroxyl groups is 1. The van der Waals surface area contributed by atoms with Crippen molar-refractivity contribution in [1.29, 1.82) is 0 Å². The van der Waals surface area contributed by atoms with Crippen molar-refractivity contribution in [2.75, 3.05) is 0 Å². The van der Waals surface area contributed by atoms with Crippen LogP contribution in [0.3, 0.4) is 0 Å². The summed E-state index contributed by atoms with van der Waals surface area (Å²) in [6.07, 6.45) is 1.88. The van der Waals surface area contributed by atoms with Gasteiger partial charge in [-0.2, -0.15) is 0 Å². The minimum absolute atomic E-state index is 0.184. The van der Waals surface area contributed by atoms with Gasteiger partial charge < -0.3 is 10.4 Å². The van der Waals surface area contributed by atoms with Crippen molar-refractivity contribution in [3.63, 3.8) is 0 Å². The molecule has 0 saturated carbocycles. The molecule has 0 heterocycles. The summed E-state index contributed by atoms with van der Waals surface area (Å²) >= 11 is 3.36. The second-order valence-corrected chi connectivity index (χ2v) is 6.14. The zero-order chi connectivity index (χ0) is 15.2. The lowest BCUT2D eigenvalue weighted by Crippen LogP contribution is -2.26. The summed E-state index contributed by atoms with van der Waals surface area (Å²) in [7, 11) is 0. The van der Waals surface area contributed by atoms with Gasteiger partial charge in [0.15, 0.2) is 0 Å². The van der Waals surface area contributed by atoms with Gasteiger partial charge >= 0.3 is 0 Å². The van der Waals surface area contributed by atoms with Gasteiger partial charge in [-0.3, -0.25) is 0 Å². The molecule has 112 valence electrons. The van der Waals surface area contributed by atoms with Crippen LogP contribution in [0.5, 0.6) is 5.75 Å². The maximum atomic E-state index is 13.6. The van der Waals surface area contributed by atoms with Crippen molar-refractivity contribution in [2.45, 2.75) is 32.4 Å². The van der Waals surface area contributed by atoms with Crippen LogP contribution in [-0.4, -0.2) is 11.1 Å². The molecule has 0 aliphatic carbocycles. The van der Waals surface area contributed by atoms with Gasteiger partial charge in [0.05, 0.1) is 0 Å². The van der Waals surface area contributed by atoms with E-state index in [-0.39, 0.29) is 17.6 Å². The molecule has 21 heavy (non-hydrogen) atoms. The average Bonchev–Trinajstić information content (AvgIpc) is 2.47. The molecular formula is C17H19BrFNO. The lowest BCUT2D eigenvalue weighted by atomic mass is 10.1. The molecule has 0 amide bonds. The lowest BCUT2D eigenvalue weighted by molar-refractivity contribution is 0.474. The Balaban J connectivity index is 1.80. The molecular weight excluding hydrogens is 333 g/mol. The Morgan fingerprint density at radius 3 is 2.62 bits per heavy atom. The Labute approximate surface area is 133 Å². The first-order valence-corrected chi connectivity index (χ1v) is 7.79. The number of phenolic OH excluding ortho intramolecular Hbond substituents is 1. The molecule has 0 aliphatic heterocycles. The van der Waals surface area contributed by atoms with Crippen molar-refractivity contribution in [1.82, 2.24) is 5.32 Å². The zero-order valence-corrected chi connectivity index (χ0v) is 13.5. The minimum atomic E-state index is -0.184. The number of nitrogens with one attached hydrogen (secondary N) is 1. The smallest absolute Gasteiger partial charge is 0.127 e. The SMILES string of the molecule is CC(CCc1ccc(O)cc1)NCc1cc(Br)ccc1F. The number of rotatable bonds is 6. The molecule has 0 radical (unpaired) electrons. The first-order chi connectivity index (χ1) is 10.0. The Hall–Kier alpha value is -1.39. The fourth-order valence-electron chi connectivity index (χ4n) is 2.11. The fraction of sp³-hybridized carbons (Fsp3) is 0.294. The van der Waals surface area contributed by atoms with Gasteiger partial charge in [-0.25, -0.2) is 4.39 Å². The largest absolute Gasteiger partial charge is 0.508 e. The van der Waals surface area contributed by atoms with Crippen LogP contribution in [0.1, 0.15) is 24.5 Å². The lowest BCUT2D eigenvalue weighted by Gasteiger charge is -2.14. The Morgan fingerprint density at radius 2 is 1.90 bits per heavy atom. The number of aryl methyl sites for hydroxylation is 1. The van der Waals surface area contributed by atoms with Gasteiger partial charge in [-0.15, -0.1) is 0 Å². The minimum Gasteiger partial charge on any atom is -0.508 e. The highest BCUT2D eigenvalue weighted by Gasteiger charge is 2.06. The van der Waals surface area contributed by atoms with E-state index in [0.717, 1.165) is 17.3 Å². The van der Waals surface area contributed by atoms with Gasteiger partial charge in [0.1, 0.15) is 11.6 Å². The van der Waals surface area contributed by atoms with Crippen molar-refractivity contribution in [2.24, 2.45) is 0 Å². The van der Waals surface area contributed by atoms with E-state index < -0.39 is 0 Å². The molecule has 2 aromatic carbocycles. The average molecular weight is 352 g/mol. The van der Waals surface area contributed by atoms with Crippen LogP contribution in [0.25, 0.3) is 0 Å². The van der Waals surface area contributed by atoms with E-state index in [4.69, 9.17) is 0 Å². The van der Waals surface area contributed by atoms with Crippen LogP contribution in [0.15, 0.2) is 46.9 Å². The second kappa shape index (κ2) is 7.57. The van der Waals surface area contributed by atoms with E-state index >= 15 is 0 Å². The van der Waals surface area contributed by atoms with Gasteiger partial charge in [0.25, 0.3) is 0 Å². The molecule has 1 atom stereocenters. The highest BCUT2D eigenvalue weighted by Crippen LogP contribution is 2.16. The molecule has 0 aromatic heterocycles. The normalized spacial score (nSPS) is 12.3. The summed E-state index contributed by atoms with van der Waals surface area (Å²) in [6.45, 7) is 2.61. The maximum Gasteiger partial charge on any atom is 0.127 e. The third-order valence-electron chi connectivity index (χ3n) is 3.45. The second-order valence-electron chi connectivity index (χ2n) is 5.22. The standard InChI is InChI=1S/C17H19BrFNO/c1-12(2-3-13-4-7-16(21)8-5-13)20-11-14-10-15(18)6-9-17(14)19/h4-10,12,20-21H,2-3,11H2,1H3. The van der Waals surface area contributed by atoms with Crippen LogP contribution < -0.4 is 5.32 Å². The van der Waals surface area contributed by atoms with Crippen molar-refractivity contribution in [3.05, 3.63) is 63.9 Å². The Kier molecular flexibility index (Phi) is 5.76. The molecule has 2 rings (SSSR count). The molecule has 1 unspecified atom stereocenters. The number of halogens is 2. The van der Waals surface area contributed by atoms with Crippen LogP contribution in [-0.2, 0) is 13.0 Å². The molecule has 0 bridgehead atoms. The van der Waals surface area contributed by atoms with E-state index in [1.807, 2.05) is 12.1 Å².